The molecule has 1 aromatic carbocycles. The summed E-state index contributed by atoms with van der Waals surface area (Å²) in [5, 5.41) is 0. The number of rotatable bonds is 3. The van der Waals surface area contributed by atoms with Crippen LogP contribution >= 0.6 is 0 Å². The summed E-state index contributed by atoms with van der Waals surface area (Å²) < 4.78 is 36.5. The maximum atomic E-state index is 12.3. The molecule has 2 aliphatic rings. The Morgan fingerprint density at radius 2 is 1.78 bits per heavy atom. The van der Waals surface area contributed by atoms with Crippen LogP contribution in [-0.4, -0.2) is 44.5 Å². The molecule has 2 saturated heterocycles. The second kappa shape index (κ2) is 4.62. The summed E-state index contributed by atoms with van der Waals surface area (Å²) in [5.41, 5.74) is 0.192. The normalized spacial score (nSPS) is 29.1. The Morgan fingerprint density at radius 1 is 1.11 bits per heavy atom. The third-order valence-corrected chi connectivity index (χ3v) is 5.23. The highest BCUT2D eigenvalue weighted by Crippen LogP contribution is 2.43. The van der Waals surface area contributed by atoms with Crippen LogP contribution in [0.3, 0.4) is 0 Å². The molecule has 0 aliphatic carbocycles. The fourth-order valence-electron chi connectivity index (χ4n) is 2.15. The van der Waals surface area contributed by atoms with E-state index in [1.165, 1.54) is 4.31 Å². The molecular formula is C12H15NO4S. The minimum absolute atomic E-state index is 0.320. The second-order valence-electron chi connectivity index (χ2n) is 4.39. The maximum Gasteiger partial charge on any atom is 0.244 e. The molecule has 2 heterocycles. The van der Waals surface area contributed by atoms with E-state index in [-0.39, 0.29) is 6.10 Å². The Labute approximate surface area is 106 Å². The fourth-order valence-corrected chi connectivity index (χ4v) is 3.83. The van der Waals surface area contributed by atoms with Gasteiger partial charge in [0.2, 0.25) is 15.5 Å². The van der Waals surface area contributed by atoms with Crippen molar-refractivity contribution in [1.29, 1.82) is 0 Å². The van der Waals surface area contributed by atoms with Gasteiger partial charge < -0.3 is 9.47 Å². The van der Waals surface area contributed by atoms with Crippen LogP contribution in [0.5, 0.6) is 0 Å². The van der Waals surface area contributed by atoms with E-state index >= 15 is 0 Å². The second-order valence-corrected chi connectivity index (χ2v) is 6.40. The summed E-state index contributed by atoms with van der Waals surface area (Å²) >= 11 is 0. The molecule has 0 N–H and O–H groups in total. The SMILES string of the molecule is O=S(=O)([C@@H]1O[C@@H]1c1ccccc1)N1CCOCC1. The van der Waals surface area contributed by atoms with Gasteiger partial charge in [0.05, 0.1) is 13.2 Å². The first-order valence-corrected chi connectivity index (χ1v) is 7.47. The zero-order valence-corrected chi connectivity index (χ0v) is 10.7. The van der Waals surface area contributed by atoms with Gasteiger partial charge in [-0.25, -0.2) is 8.42 Å². The highest BCUT2D eigenvalue weighted by Gasteiger charge is 2.52. The predicted octanol–water partition coefficient (Wildman–Crippen LogP) is 0.746. The van der Waals surface area contributed by atoms with Crippen LogP contribution in [0, 0.1) is 0 Å². The van der Waals surface area contributed by atoms with Gasteiger partial charge in [0.25, 0.3) is 0 Å². The van der Waals surface area contributed by atoms with Gasteiger partial charge in [-0.05, 0) is 5.56 Å². The Morgan fingerprint density at radius 3 is 2.44 bits per heavy atom. The van der Waals surface area contributed by atoms with Crippen molar-refractivity contribution in [3.8, 4) is 0 Å². The maximum absolute atomic E-state index is 12.3. The summed E-state index contributed by atoms with van der Waals surface area (Å²) in [6.45, 7) is 1.76. The fraction of sp³-hybridized carbons (Fsp3) is 0.500. The van der Waals surface area contributed by atoms with Crippen molar-refractivity contribution in [2.45, 2.75) is 11.5 Å². The van der Waals surface area contributed by atoms with E-state index in [9.17, 15) is 8.42 Å². The third-order valence-electron chi connectivity index (χ3n) is 3.20. The Bertz CT molecular complexity index is 510. The minimum Gasteiger partial charge on any atom is -0.379 e. The molecule has 0 amide bonds. The summed E-state index contributed by atoms with van der Waals surface area (Å²) in [7, 11) is -3.36. The number of nitrogens with zero attached hydrogens (tertiary/aromatic N) is 1. The molecule has 6 heteroatoms. The average molecular weight is 269 g/mol. The first-order chi connectivity index (χ1) is 8.69. The van der Waals surface area contributed by atoms with Gasteiger partial charge in [-0.2, -0.15) is 4.31 Å². The molecule has 0 bridgehead atoms. The van der Waals surface area contributed by atoms with Crippen LogP contribution in [-0.2, 0) is 19.5 Å². The van der Waals surface area contributed by atoms with E-state index < -0.39 is 15.5 Å². The molecule has 0 aromatic heterocycles. The first-order valence-electron chi connectivity index (χ1n) is 5.97. The van der Waals surface area contributed by atoms with Gasteiger partial charge in [-0.15, -0.1) is 0 Å². The summed E-state index contributed by atoms with van der Waals surface area (Å²) in [4.78, 5) is 0. The van der Waals surface area contributed by atoms with Crippen molar-refractivity contribution in [3.05, 3.63) is 35.9 Å². The smallest absolute Gasteiger partial charge is 0.244 e. The number of sulfonamides is 1. The molecule has 18 heavy (non-hydrogen) atoms. The lowest BCUT2D eigenvalue weighted by Crippen LogP contribution is -2.42. The number of morpholine rings is 1. The topological polar surface area (TPSA) is 59.1 Å². The van der Waals surface area contributed by atoms with Crippen LogP contribution in [0.4, 0.5) is 0 Å². The number of epoxide rings is 1. The average Bonchev–Trinajstić information content (AvgIpc) is 3.22. The van der Waals surface area contributed by atoms with E-state index in [1.54, 1.807) is 0 Å². The lowest BCUT2D eigenvalue weighted by molar-refractivity contribution is 0.0725. The molecule has 2 atom stereocenters. The van der Waals surface area contributed by atoms with Gasteiger partial charge in [0, 0.05) is 13.1 Å². The first kappa shape index (κ1) is 12.1. The Hall–Kier alpha value is -0.950. The Kier molecular flexibility index (Phi) is 3.11. The van der Waals surface area contributed by atoms with E-state index in [1.807, 2.05) is 30.3 Å². The molecule has 5 nitrogen and oxygen atoms in total. The highest BCUT2D eigenvalue weighted by atomic mass is 32.2. The van der Waals surface area contributed by atoms with E-state index in [0.717, 1.165) is 5.56 Å². The van der Waals surface area contributed by atoms with Crippen molar-refractivity contribution in [2.75, 3.05) is 26.3 Å². The van der Waals surface area contributed by atoms with Crippen LogP contribution < -0.4 is 0 Å². The number of hydrogen-bond donors (Lipinski definition) is 0. The molecule has 1 aromatic rings. The molecule has 98 valence electrons. The van der Waals surface area contributed by atoms with Gasteiger partial charge in [0.15, 0.2) is 0 Å². The van der Waals surface area contributed by atoms with Crippen molar-refractivity contribution >= 4 is 10.0 Å². The van der Waals surface area contributed by atoms with Gasteiger partial charge in [-0.1, -0.05) is 30.3 Å². The van der Waals surface area contributed by atoms with Gasteiger partial charge >= 0.3 is 0 Å². The van der Waals surface area contributed by atoms with E-state index in [0.29, 0.717) is 26.3 Å². The van der Waals surface area contributed by atoms with Crippen molar-refractivity contribution in [1.82, 2.24) is 4.31 Å². The number of ether oxygens (including phenoxy) is 2. The molecular weight excluding hydrogens is 254 g/mol. The molecule has 2 fully saturated rings. The van der Waals surface area contributed by atoms with Gasteiger partial charge in [-0.3, -0.25) is 0 Å². The summed E-state index contributed by atoms with van der Waals surface area (Å²) in [5.74, 6) is 0. The van der Waals surface area contributed by atoms with Crippen molar-refractivity contribution < 1.29 is 17.9 Å². The Balaban J connectivity index is 1.73. The lowest BCUT2D eigenvalue weighted by atomic mass is 10.2. The molecule has 0 radical (unpaired) electrons. The van der Waals surface area contributed by atoms with Crippen molar-refractivity contribution in [2.24, 2.45) is 0 Å². The van der Waals surface area contributed by atoms with Gasteiger partial charge in [0.1, 0.15) is 6.10 Å². The molecule has 3 rings (SSSR count). The van der Waals surface area contributed by atoms with Crippen LogP contribution in [0.2, 0.25) is 0 Å². The standard InChI is InChI=1S/C12H15NO4S/c14-18(15,13-6-8-16-9-7-13)12-11(17-12)10-4-2-1-3-5-10/h1-5,11-12H,6-9H2/t11-,12+/m1/s1. The van der Waals surface area contributed by atoms with E-state index in [4.69, 9.17) is 9.47 Å². The molecule has 0 unspecified atom stereocenters. The monoisotopic (exact) mass is 269 g/mol. The predicted molar refractivity (Wildman–Crippen MR) is 65.4 cm³/mol. The summed E-state index contributed by atoms with van der Waals surface area (Å²) in [6.07, 6.45) is -0.320. The number of benzene rings is 1. The zero-order chi connectivity index (χ0) is 12.6. The minimum atomic E-state index is -3.36. The highest BCUT2D eigenvalue weighted by molar-refractivity contribution is 7.89. The zero-order valence-electron chi connectivity index (χ0n) is 9.86. The van der Waals surface area contributed by atoms with Crippen LogP contribution in [0.15, 0.2) is 30.3 Å². The summed E-state index contributed by atoms with van der Waals surface area (Å²) in [6, 6.07) is 9.45. The molecule has 2 aliphatic heterocycles. The quantitative estimate of drug-likeness (QED) is 0.760. The van der Waals surface area contributed by atoms with E-state index in [2.05, 4.69) is 0 Å². The molecule has 0 saturated carbocycles. The van der Waals surface area contributed by atoms with Crippen LogP contribution in [0.25, 0.3) is 0 Å². The largest absolute Gasteiger partial charge is 0.379 e. The lowest BCUT2D eigenvalue weighted by Gasteiger charge is -2.25. The van der Waals surface area contributed by atoms with Crippen molar-refractivity contribution in [3.63, 3.8) is 0 Å². The third kappa shape index (κ3) is 2.16. The number of hydrogen-bond acceptors (Lipinski definition) is 4. The van der Waals surface area contributed by atoms with Crippen LogP contribution in [0.1, 0.15) is 11.7 Å². The molecule has 0 spiro atoms.